The number of likely N-dealkylation sites (tertiary alicyclic amines) is 1. The van der Waals surface area contributed by atoms with Crippen molar-refractivity contribution < 1.29 is 9.90 Å². The Hall–Kier alpha value is -1.42. The lowest BCUT2D eigenvalue weighted by molar-refractivity contribution is -0.152. The standard InChI is InChI=1S/C16H24N2O2/c1-3-7-16(15(19)20)8-10-18(11-9-16)12-14-6-4-5-13(2)17-14/h4-6H,3,7-12H2,1-2H3,(H,19,20). The number of rotatable bonds is 5. The Bertz CT molecular complexity index is 465. The van der Waals surface area contributed by atoms with Gasteiger partial charge in [0, 0.05) is 12.2 Å². The first-order valence-corrected chi connectivity index (χ1v) is 7.44. The average Bonchev–Trinajstić information content (AvgIpc) is 2.41. The van der Waals surface area contributed by atoms with Gasteiger partial charge < -0.3 is 5.11 Å². The summed E-state index contributed by atoms with van der Waals surface area (Å²) in [7, 11) is 0. The Labute approximate surface area is 120 Å². The Morgan fingerprint density at radius 1 is 1.40 bits per heavy atom. The number of carboxylic acids is 1. The number of piperidine rings is 1. The van der Waals surface area contributed by atoms with Crippen LogP contribution < -0.4 is 0 Å². The number of carboxylic acid groups (broad SMARTS) is 1. The molecule has 20 heavy (non-hydrogen) atoms. The Balaban J connectivity index is 1.95. The van der Waals surface area contributed by atoms with Crippen molar-refractivity contribution in [2.24, 2.45) is 5.41 Å². The Morgan fingerprint density at radius 2 is 2.10 bits per heavy atom. The van der Waals surface area contributed by atoms with Crippen LogP contribution in [0.1, 0.15) is 44.0 Å². The van der Waals surface area contributed by atoms with Crippen LogP contribution in [0.4, 0.5) is 0 Å². The topological polar surface area (TPSA) is 53.4 Å². The third-order valence-electron chi connectivity index (χ3n) is 4.33. The lowest BCUT2D eigenvalue weighted by atomic mass is 9.75. The molecule has 4 nitrogen and oxygen atoms in total. The zero-order valence-corrected chi connectivity index (χ0v) is 12.4. The van der Waals surface area contributed by atoms with Gasteiger partial charge in [-0.05, 0) is 51.4 Å². The van der Waals surface area contributed by atoms with E-state index in [4.69, 9.17) is 0 Å². The highest BCUT2D eigenvalue weighted by molar-refractivity contribution is 5.74. The molecule has 1 aliphatic rings. The molecule has 110 valence electrons. The van der Waals surface area contributed by atoms with Gasteiger partial charge in [-0.1, -0.05) is 19.4 Å². The van der Waals surface area contributed by atoms with E-state index < -0.39 is 11.4 Å². The summed E-state index contributed by atoms with van der Waals surface area (Å²) in [6.45, 7) is 6.58. The van der Waals surface area contributed by atoms with Gasteiger partial charge in [0.1, 0.15) is 0 Å². The van der Waals surface area contributed by atoms with E-state index in [9.17, 15) is 9.90 Å². The van der Waals surface area contributed by atoms with Crippen LogP contribution in [0.3, 0.4) is 0 Å². The van der Waals surface area contributed by atoms with Crippen LogP contribution in [-0.2, 0) is 11.3 Å². The minimum atomic E-state index is -0.618. The highest BCUT2D eigenvalue weighted by Crippen LogP contribution is 2.36. The molecule has 2 rings (SSSR count). The van der Waals surface area contributed by atoms with Crippen molar-refractivity contribution in [2.75, 3.05) is 13.1 Å². The molecule has 0 saturated carbocycles. The summed E-state index contributed by atoms with van der Waals surface area (Å²) in [5.41, 5.74) is 1.61. The van der Waals surface area contributed by atoms with Crippen molar-refractivity contribution in [3.63, 3.8) is 0 Å². The molecule has 0 amide bonds. The summed E-state index contributed by atoms with van der Waals surface area (Å²) in [5, 5.41) is 9.50. The van der Waals surface area contributed by atoms with Crippen LogP contribution in [0.2, 0.25) is 0 Å². The molecular formula is C16H24N2O2. The molecule has 0 unspecified atom stereocenters. The second-order valence-corrected chi connectivity index (χ2v) is 5.88. The summed E-state index contributed by atoms with van der Waals surface area (Å²) in [4.78, 5) is 18.4. The van der Waals surface area contributed by atoms with Gasteiger partial charge in [0.25, 0.3) is 0 Å². The smallest absolute Gasteiger partial charge is 0.309 e. The first kappa shape index (κ1) is 15.0. The predicted molar refractivity (Wildman–Crippen MR) is 78.5 cm³/mol. The normalized spacial score (nSPS) is 18.9. The fourth-order valence-corrected chi connectivity index (χ4v) is 3.11. The van der Waals surface area contributed by atoms with E-state index in [2.05, 4.69) is 16.8 Å². The average molecular weight is 276 g/mol. The first-order chi connectivity index (χ1) is 9.55. The lowest BCUT2D eigenvalue weighted by Crippen LogP contribution is -2.44. The van der Waals surface area contributed by atoms with Gasteiger partial charge in [-0.2, -0.15) is 0 Å². The van der Waals surface area contributed by atoms with Crippen LogP contribution in [-0.4, -0.2) is 34.0 Å². The summed E-state index contributed by atoms with van der Waals surface area (Å²) in [5.74, 6) is -0.618. The molecule has 0 atom stereocenters. The second-order valence-electron chi connectivity index (χ2n) is 5.88. The van der Waals surface area contributed by atoms with Crippen molar-refractivity contribution >= 4 is 5.97 Å². The fourth-order valence-electron chi connectivity index (χ4n) is 3.11. The Kier molecular flexibility index (Phi) is 4.76. The molecule has 1 aromatic rings. The van der Waals surface area contributed by atoms with Gasteiger partial charge in [0.2, 0.25) is 0 Å². The SMILES string of the molecule is CCCC1(C(=O)O)CCN(Cc2cccc(C)n2)CC1. The highest BCUT2D eigenvalue weighted by Gasteiger charge is 2.40. The van der Waals surface area contributed by atoms with E-state index >= 15 is 0 Å². The molecular weight excluding hydrogens is 252 g/mol. The van der Waals surface area contributed by atoms with Crippen molar-refractivity contribution in [1.29, 1.82) is 0 Å². The van der Waals surface area contributed by atoms with E-state index in [1.165, 1.54) is 0 Å². The highest BCUT2D eigenvalue weighted by atomic mass is 16.4. The molecule has 0 aliphatic carbocycles. The number of hydrogen-bond acceptors (Lipinski definition) is 3. The van der Waals surface area contributed by atoms with Gasteiger partial charge in [-0.15, -0.1) is 0 Å². The van der Waals surface area contributed by atoms with Crippen molar-refractivity contribution in [3.05, 3.63) is 29.6 Å². The zero-order valence-electron chi connectivity index (χ0n) is 12.4. The van der Waals surface area contributed by atoms with E-state index in [-0.39, 0.29) is 0 Å². The van der Waals surface area contributed by atoms with Gasteiger partial charge in [-0.3, -0.25) is 14.7 Å². The third-order valence-corrected chi connectivity index (χ3v) is 4.33. The molecule has 1 fully saturated rings. The van der Waals surface area contributed by atoms with E-state index in [1.54, 1.807) is 0 Å². The minimum Gasteiger partial charge on any atom is -0.481 e. The van der Waals surface area contributed by atoms with Crippen molar-refractivity contribution in [3.8, 4) is 0 Å². The summed E-state index contributed by atoms with van der Waals surface area (Å²) < 4.78 is 0. The third kappa shape index (κ3) is 3.37. The molecule has 2 heterocycles. The van der Waals surface area contributed by atoms with E-state index in [0.29, 0.717) is 0 Å². The number of hydrogen-bond donors (Lipinski definition) is 1. The van der Waals surface area contributed by atoms with Crippen LogP contribution in [0.5, 0.6) is 0 Å². The monoisotopic (exact) mass is 276 g/mol. The zero-order chi connectivity index (χ0) is 14.6. The molecule has 0 aromatic carbocycles. The molecule has 4 heteroatoms. The Morgan fingerprint density at radius 3 is 2.65 bits per heavy atom. The number of aryl methyl sites for hydroxylation is 1. The van der Waals surface area contributed by atoms with Gasteiger partial charge in [0.15, 0.2) is 0 Å². The quantitative estimate of drug-likeness (QED) is 0.898. The van der Waals surface area contributed by atoms with E-state index in [0.717, 1.165) is 56.7 Å². The first-order valence-electron chi connectivity index (χ1n) is 7.44. The van der Waals surface area contributed by atoms with Gasteiger partial charge in [0.05, 0.1) is 11.1 Å². The van der Waals surface area contributed by atoms with E-state index in [1.807, 2.05) is 25.1 Å². The number of nitrogens with zero attached hydrogens (tertiary/aromatic N) is 2. The van der Waals surface area contributed by atoms with Crippen molar-refractivity contribution in [2.45, 2.75) is 46.1 Å². The molecule has 0 radical (unpaired) electrons. The summed E-state index contributed by atoms with van der Waals surface area (Å²) in [6, 6.07) is 6.06. The predicted octanol–water partition coefficient (Wildman–Crippen LogP) is 2.86. The van der Waals surface area contributed by atoms with Gasteiger partial charge in [-0.25, -0.2) is 0 Å². The van der Waals surface area contributed by atoms with Crippen LogP contribution >= 0.6 is 0 Å². The maximum atomic E-state index is 11.5. The number of carbonyl (C=O) groups is 1. The number of aromatic nitrogens is 1. The molecule has 1 saturated heterocycles. The fraction of sp³-hybridized carbons (Fsp3) is 0.625. The molecule has 0 spiro atoms. The maximum absolute atomic E-state index is 11.5. The summed E-state index contributed by atoms with van der Waals surface area (Å²) in [6.07, 6.45) is 3.23. The second kappa shape index (κ2) is 6.35. The molecule has 0 bridgehead atoms. The maximum Gasteiger partial charge on any atom is 0.309 e. The molecule has 1 N–H and O–H groups in total. The van der Waals surface area contributed by atoms with Gasteiger partial charge >= 0.3 is 5.97 Å². The molecule has 1 aromatic heterocycles. The van der Waals surface area contributed by atoms with Crippen molar-refractivity contribution in [1.82, 2.24) is 9.88 Å². The summed E-state index contributed by atoms with van der Waals surface area (Å²) >= 11 is 0. The molecule has 1 aliphatic heterocycles. The van der Waals surface area contributed by atoms with Crippen LogP contribution in [0, 0.1) is 12.3 Å². The van der Waals surface area contributed by atoms with Crippen LogP contribution in [0.15, 0.2) is 18.2 Å². The largest absolute Gasteiger partial charge is 0.481 e. The number of aliphatic carboxylic acids is 1. The van der Waals surface area contributed by atoms with Crippen LogP contribution in [0.25, 0.3) is 0 Å². The number of pyridine rings is 1. The lowest BCUT2D eigenvalue weighted by Gasteiger charge is -2.38. The minimum absolute atomic E-state index is 0.495.